The van der Waals surface area contributed by atoms with Crippen LogP contribution >= 0.6 is 0 Å². The van der Waals surface area contributed by atoms with Crippen molar-refractivity contribution in [1.82, 2.24) is 15.0 Å². The average molecular weight is 495 g/mol. The quantitative estimate of drug-likeness (QED) is 0.266. The Bertz CT molecular complexity index is 1620. The van der Waals surface area contributed by atoms with E-state index in [9.17, 15) is 8.78 Å². The Balaban J connectivity index is 1.40. The number of halogens is 2. The lowest BCUT2D eigenvalue weighted by Crippen LogP contribution is -2.47. The number of benzene rings is 3. The molecule has 2 bridgehead atoms. The van der Waals surface area contributed by atoms with Gasteiger partial charge in [0.1, 0.15) is 17.5 Å². The highest BCUT2D eigenvalue weighted by atomic mass is 19.1. The summed E-state index contributed by atoms with van der Waals surface area (Å²) in [6, 6.07) is 19.1. The fraction of sp³-hybridized carbons (Fsp3) is 0.290. The second kappa shape index (κ2) is 8.65. The summed E-state index contributed by atoms with van der Waals surface area (Å²) in [6.45, 7) is 2.36. The van der Waals surface area contributed by atoms with E-state index in [4.69, 9.17) is 9.97 Å². The minimum absolute atomic E-state index is 0.255. The molecule has 0 radical (unpaired) electrons. The Morgan fingerprint density at radius 3 is 2.41 bits per heavy atom. The SMILES string of the molecule is C[C@H]1C2CCC(CC2)[C@@H]1Nc1nc(-c2c[nH]c3c(F)cc(F)cc23)nc2cc(-c3ccccc3)ccc12. The summed E-state index contributed by atoms with van der Waals surface area (Å²) in [4.78, 5) is 12.9. The third kappa shape index (κ3) is 3.78. The first-order valence-corrected chi connectivity index (χ1v) is 13.2. The fourth-order valence-electron chi connectivity index (χ4n) is 6.67. The molecule has 2 aromatic heterocycles. The molecule has 186 valence electrons. The second-order valence-corrected chi connectivity index (χ2v) is 10.7. The largest absolute Gasteiger partial charge is 0.366 e. The maximum absolute atomic E-state index is 14.5. The summed E-state index contributed by atoms with van der Waals surface area (Å²) in [5, 5.41) is 5.22. The third-order valence-corrected chi connectivity index (χ3v) is 8.69. The van der Waals surface area contributed by atoms with Gasteiger partial charge in [-0.3, -0.25) is 0 Å². The zero-order valence-corrected chi connectivity index (χ0v) is 20.6. The number of fused-ring (bicyclic) bond motifs is 5. The van der Waals surface area contributed by atoms with Gasteiger partial charge in [-0.1, -0.05) is 43.3 Å². The van der Waals surface area contributed by atoms with E-state index in [0.717, 1.165) is 39.8 Å². The molecule has 4 nitrogen and oxygen atoms in total. The van der Waals surface area contributed by atoms with Crippen molar-refractivity contribution >= 4 is 27.6 Å². The van der Waals surface area contributed by atoms with E-state index in [0.29, 0.717) is 34.7 Å². The summed E-state index contributed by atoms with van der Waals surface area (Å²) in [5.74, 6) is 1.94. The van der Waals surface area contributed by atoms with Gasteiger partial charge in [0.2, 0.25) is 0 Å². The van der Waals surface area contributed by atoms with E-state index >= 15 is 0 Å². The van der Waals surface area contributed by atoms with Crippen molar-refractivity contribution in [3.63, 3.8) is 0 Å². The maximum Gasteiger partial charge on any atom is 0.164 e. The first kappa shape index (κ1) is 22.4. The molecule has 3 saturated carbocycles. The molecule has 3 aromatic carbocycles. The minimum atomic E-state index is -0.626. The van der Waals surface area contributed by atoms with Crippen LogP contribution in [0.2, 0.25) is 0 Å². The van der Waals surface area contributed by atoms with Gasteiger partial charge in [-0.2, -0.15) is 0 Å². The van der Waals surface area contributed by atoms with Crippen molar-refractivity contribution in [3.8, 4) is 22.5 Å². The van der Waals surface area contributed by atoms with Gasteiger partial charge in [0.05, 0.1) is 11.0 Å². The Kier molecular flexibility index (Phi) is 5.24. The molecule has 2 N–H and O–H groups in total. The molecule has 0 amide bonds. The molecule has 8 rings (SSSR count). The molecule has 0 unspecified atom stereocenters. The lowest BCUT2D eigenvalue weighted by Gasteiger charge is -2.47. The number of hydrogen-bond donors (Lipinski definition) is 2. The molecule has 0 saturated heterocycles. The molecule has 5 aromatic rings. The van der Waals surface area contributed by atoms with Crippen molar-refractivity contribution in [2.45, 2.75) is 38.6 Å². The van der Waals surface area contributed by atoms with E-state index in [2.05, 4.69) is 47.6 Å². The number of hydrogen-bond acceptors (Lipinski definition) is 3. The zero-order valence-electron chi connectivity index (χ0n) is 20.6. The summed E-state index contributed by atoms with van der Waals surface area (Å²) in [5.41, 5.74) is 3.81. The molecule has 2 atom stereocenters. The van der Waals surface area contributed by atoms with Crippen molar-refractivity contribution in [1.29, 1.82) is 0 Å². The van der Waals surface area contributed by atoms with Crippen LogP contribution in [0.1, 0.15) is 32.6 Å². The molecular weight excluding hydrogens is 466 g/mol. The molecule has 0 spiro atoms. The molecule has 0 aliphatic heterocycles. The van der Waals surface area contributed by atoms with E-state index < -0.39 is 11.6 Å². The van der Waals surface area contributed by atoms with Gasteiger partial charge in [-0.05, 0) is 72.8 Å². The highest BCUT2D eigenvalue weighted by Gasteiger charge is 2.41. The van der Waals surface area contributed by atoms with Crippen molar-refractivity contribution in [3.05, 3.63) is 78.5 Å². The lowest BCUT2D eigenvalue weighted by molar-refractivity contribution is 0.0929. The molecule has 3 aliphatic rings. The van der Waals surface area contributed by atoms with Gasteiger partial charge in [0, 0.05) is 34.6 Å². The lowest BCUT2D eigenvalue weighted by atomic mass is 9.62. The van der Waals surface area contributed by atoms with Crippen LogP contribution in [-0.2, 0) is 0 Å². The first-order chi connectivity index (χ1) is 18.0. The predicted molar refractivity (Wildman–Crippen MR) is 144 cm³/mol. The zero-order chi connectivity index (χ0) is 25.1. The molecule has 37 heavy (non-hydrogen) atoms. The maximum atomic E-state index is 14.5. The number of anilines is 1. The highest BCUT2D eigenvalue weighted by Crippen LogP contribution is 2.46. The average Bonchev–Trinajstić information content (AvgIpc) is 3.35. The third-order valence-electron chi connectivity index (χ3n) is 8.69. The Hall–Kier alpha value is -3.80. The number of aromatic amines is 1. The fourth-order valence-corrected chi connectivity index (χ4v) is 6.67. The predicted octanol–water partition coefficient (Wildman–Crippen LogP) is 7.96. The van der Waals surface area contributed by atoms with Crippen molar-refractivity contribution < 1.29 is 8.78 Å². The molecule has 6 heteroatoms. The van der Waals surface area contributed by atoms with Gasteiger partial charge in [0.25, 0.3) is 0 Å². The number of rotatable bonds is 4. The summed E-state index contributed by atoms with van der Waals surface area (Å²) >= 11 is 0. The van der Waals surface area contributed by atoms with Crippen molar-refractivity contribution in [2.75, 3.05) is 5.32 Å². The van der Waals surface area contributed by atoms with Crippen LogP contribution in [0.15, 0.2) is 66.9 Å². The van der Waals surface area contributed by atoms with Gasteiger partial charge < -0.3 is 10.3 Å². The van der Waals surface area contributed by atoms with Crippen LogP contribution in [-0.4, -0.2) is 21.0 Å². The molecule has 2 heterocycles. The Labute approximate surface area is 214 Å². The summed E-state index contributed by atoms with van der Waals surface area (Å²) in [6.07, 6.45) is 6.80. The number of nitrogens with zero attached hydrogens (tertiary/aromatic N) is 2. The topological polar surface area (TPSA) is 53.6 Å². The Morgan fingerprint density at radius 1 is 0.838 bits per heavy atom. The standard InChI is InChI=1S/C31H28F2N4/c1-17-18-7-9-20(10-8-18)28(17)36-30-23-12-11-21(19-5-3-2-4-6-19)13-27(23)35-31(37-30)25-16-34-29-24(25)14-22(32)15-26(29)33/h2-6,11-18,20,28,34H,7-10H2,1H3,(H,35,36,37)/t17-,18?,20?,28+/m0/s1. The number of nitrogens with one attached hydrogen (secondary N) is 2. The Morgan fingerprint density at radius 2 is 1.62 bits per heavy atom. The van der Waals surface area contributed by atoms with Crippen LogP contribution in [0, 0.1) is 29.4 Å². The van der Waals surface area contributed by atoms with Gasteiger partial charge in [-0.25, -0.2) is 18.7 Å². The van der Waals surface area contributed by atoms with Crippen molar-refractivity contribution in [2.24, 2.45) is 17.8 Å². The molecular formula is C31H28F2N4. The van der Waals surface area contributed by atoms with Crippen LogP contribution in [0.4, 0.5) is 14.6 Å². The normalized spacial score (nSPS) is 23.1. The van der Waals surface area contributed by atoms with Gasteiger partial charge in [-0.15, -0.1) is 0 Å². The number of H-pyrrole nitrogens is 1. The van der Waals surface area contributed by atoms with E-state index in [1.54, 1.807) is 6.20 Å². The van der Waals surface area contributed by atoms with Crippen LogP contribution in [0.25, 0.3) is 44.3 Å². The molecule has 3 aliphatic carbocycles. The monoisotopic (exact) mass is 494 g/mol. The summed E-state index contributed by atoms with van der Waals surface area (Å²) < 4.78 is 28.6. The van der Waals surface area contributed by atoms with E-state index in [1.807, 2.05) is 18.2 Å². The number of aromatic nitrogens is 3. The van der Waals surface area contributed by atoms with Gasteiger partial charge in [0.15, 0.2) is 5.82 Å². The second-order valence-electron chi connectivity index (χ2n) is 10.7. The van der Waals surface area contributed by atoms with E-state index in [-0.39, 0.29) is 5.52 Å². The molecule has 3 fully saturated rings. The van der Waals surface area contributed by atoms with Crippen LogP contribution < -0.4 is 5.32 Å². The van der Waals surface area contributed by atoms with Crippen LogP contribution in [0.3, 0.4) is 0 Å². The highest BCUT2D eigenvalue weighted by molar-refractivity contribution is 5.98. The first-order valence-electron chi connectivity index (χ1n) is 13.2. The smallest absolute Gasteiger partial charge is 0.164 e. The van der Waals surface area contributed by atoms with Gasteiger partial charge >= 0.3 is 0 Å². The summed E-state index contributed by atoms with van der Waals surface area (Å²) in [7, 11) is 0. The van der Waals surface area contributed by atoms with E-state index in [1.165, 1.54) is 31.7 Å². The van der Waals surface area contributed by atoms with Crippen LogP contribution in [0.5, 0.6) is 0 Å². The minimum Gasteiger partial charge on any atom is -0.366 e.